The number of nitrogens with zero attached hydrogens (tertiary/aromatic N) is 3. The van der Waals surface area contributed by atoms with Crippen LogP contribution in [-0.4, -0.2) is 33.3 Å². The highest BCUT2D eigenvalue weighted by Gasteiger charge is 2.27. The first kappa shape index (κ1) is 15.0. The van der Waals surface area contributed by atoms with Crippen molar-refractivity contribution in [1.82, 2.24) is 14.7 Å². The van der Waals surface area contributed by atoms with E-state index in [9.17, 15) is 0 Å². The smallest absolute Gasteiger partial charge is 0.0767 e. The number of halogens is 1. The summed E-state index contributed by atoms with van der Waals surface area (Å²) in [6.07, 6.45) is 4.76. The van der Waals surface area contributed by atoms with E-state index in [-0.39, 0.29) is 6.04 Å². The molecule has 5 heteroatoms. The Morgan fingerprint density at radius 3 is 2.79 bits per heavy atom. The van der Waals surface area contributed by atoms with E-state index in [4.69, 9.17) is 5.73 Å². The van der Waals surface area contributed by atoms with Crippen LogP contribution in [0.1, 0.15) is 44.5 Å². The van der Waals surface area contributed by atoms with Crippen LogP contribution in [0.3, 0.4) is 0 Å². The standard InChI is InChI=1S/C14H25BrN4/c1-4-11-14(15)13(18(3)17-11)9-19-8-6-5-7-12(19)10(2)16/h10,12H,4-9,16H2,1-3H3. The summed E-state index contributed by atoms with van der Waals surface area (Å²) in [5.74, 6) is 0. The van der Waals surface area contributed by atoms with Crippen molar-refractivity contribution in [3.8, 4) is 0 Å². The molecule has 0 aliphatic carbocycles. The summed E-state index contributed by atoms with van der Waals surface area (Å²) in [6.45, 7) is 6.35. The average molecular weight is 329 g/mol. The molecule has 2 atom stereocenters. The van der Waals surface area contributed by atoms with Gasteiger partial charge in [-0.2, -0.15) is 5.10 Å². The first-order valence-electron chi connectivity index (χ1n) is 7.24. The molecule has 1 fully saturated rings. The molecule has 0 saturated carbocycles. The summed E-state index contributed by atoms with van der Waals surface area (Å²) in [7, 11) is 2.03. The molecule has 1 aromatic heterocycles. The van der Waals surface area contributed by atoms with E-state index in [1.54, 1.807) is 0 Å². The molecule has 4 nitrogen and oxygen atoms in total. The lowest BCUT2D eigenvalue weighted by Gasteiger charge is -2.38. The molecular formula is C14H25BrN4. The van der Waals surface area contributed by atoms with Gasteiger partial charge >= 0.3 is 0 Å². The van der Waals surface area contributed by atoms with E-state index < -0.39 is 0 Å². The van der Waals surface area contributed by atoms with Gasteiger partial charge in [-0.25, -0.2) is 0 Å². The second-order valence-corrected chi connectivity index (χ2v) is 6.37. The number of piperidine rings is 1. The molecule has 0 radical (unpaired) electrons. The van der Waals surface area contributed by atoms with Crippen LogP contribution >= 0.6 is 15.9 Å². The third kappa shape index (κ3) is 3.20. The van der Waals surface area contributed by atoms with Crippen LogP contribution in [0.25, 0.3) is 0 Å². The van der Waals surface area contributed by atoms with Crippen LogP contribution in [0.15, 0.2) is 4.47 Å². The topological polar surface area (TPSA) is 47.1 Å². The fraction of sp³-hybridized carbons (Fsp3) is 0.786. The van der Waals surface area contributed by atoms with E-state index in [2.05, 4.69) is 39.8 Å². The molecule has 1 saturated heterocycles. The fourth-order valence-electron chi connectivity index (χ4n) is 2.99. The van der Waals surface area contributed by atoms with Crippen molar-refractivity contribution in [3.05, 3.63) is 15.9 Å². The summed E-state index contributed by atoms with van der Waals surface area (Å²) < 4.78 is 3.18. The van der Waals surface area contributed by atoms with Gasteiger partial charge in [-0.3, -0.25) is 9.58 Å². The fourth-order valence-corrected chi connectivity index (χ4v) is 3.73. The third-order valence-electron chi connectivity index (χ3n) is 4.13. The van der Waals surface area contributed by atoms with Gasteiger partial charge in [0, 0.05) is 25.7 Å². The SMILES string of the molecule is CCc1nn(C)c(CN2CCCCC2C(C)N)c1Br. The van der Waals surface area contributed by atoms with E-state index in [0.29, 0.717) is 6.04 Å². The number of hydrogen-bond acceptors (Lipinski definition) is 3. The lowest BCUT2D eigenvalue weighted by atomic mass is 9.97. The Hall–Kier alpha value is -0.390. The largest absolute Gasteiger partial charge is 0.327 e. The minimum absolute atomic E-state index is 0.234. The maximum atomic E-state index is 6.14. The minimum Gasteiger partial charge on any atom is -0.327 e. The van der Waals surface area contributed by atoms with Gasteiger partial charge in [-0.05, 0) is 48.7 Å². The van der Waals surface area contributed by atoms with Crippen LogP contribution in [0.4, 0.5) is 0 Å². The summed E-state index contributed by atoms with van der Waals surface area (Å²) in [5, 5.41) is 4.58. The van der Waals surface area contributed by atoms with Gasteiger partial charge in [0.15, 0.2) is 0 Å². The number of likely N-dealkylation sites (tertiary alicyclic amines) is 1. The van der Waals surface area contributed by atoms with E-state index in [1.807, 2.05) is 11.7 Å². The van der Waals surface area contributed by atoms with Gasteiger partial charge in [0.25, 0.3) is 0 Å². The van der Waals surface area contributed by atoms with E-state index >= 15 is 0 Å². The quantitative estimate of drug-likeness (QED) is 0.923. The van der Waals surface area contributed by atoms with Crippen LogP contribution in [0, 0.1) is 0 Å². The zero-order valence-electron chi connectivity index (χ0n) is 12.2. The van der Waals surface area contributed by atoms with Crippen LogP contribution < -0.4 is 5.73 Å². The van der Waals surface area contributed by atoms with Gasteiger partial charge < -0.3 is 5.73 Å². The van der Waals surface area contributed by atoms with Gasteiger partial charge in [0.05, 0.1) is 15.9 Å². The summed E-state index contributed by atoms with van der Waals surface area (Å²) in [6, 6.07) is 0.735. The monoisotopic (exact) mass is 328 g/mol. The van der Waals surface area contributed by atoms with Crippen LogP contribution in [0.2, 0.25) is 0 Å². The molecule has 2 rings (SSSR count). The molecule has 0 spiro atoms. The Balaban J connectivity index is 2.17. The maximum absolute atomic E-state index is 6.14. The zero-order valence-corrected chi connectivity index (χ0v) is 13.8. The molecule has 0 amide bonds. The summed E-state index contributed by atoms with van der Waals surface area (Å²) >= 11 is 3.70. The highest BCUT2D eigenvalue weighted by molar-refractivity contribution is 9.10. The predicted molar refractivity (Wildman–Crippen MR) is 82.0 cm³/mol. The molecule has 19 heavy (non-hydrogen) atoms. The highest BCUT2D eigenvalue weighted by Crippen LogP contribution is 2.26. The Kier molecular flexibility index (Phi) is 5.03. The predicted octanol–water partition coefficient (Wildman–Crippen LogP) is 2.45. The molecule has 1 aromatic rings. The molecule has 2 unspecified atom stereocenters. The third-order valence-corrected chi connectivity index (χ3v) is 5.04. The Bertz CT molecular complexity index is 427. The van der Waals surface area contributed by atoms with Crippen molar-refractivity contribution in [2.24, 2.45) is 12.8 Å². The molecule has 1 aliphatic rings. The van der Waals surface area contributed by atoms with Crippen molar-refractivity contribution < 1.29 is 0 Å². The molecule has 0 bridgehead atoms. The van der Waals surface area contributed by atoms with Crippen molar-refractivity contribution in [2.45, 2.75) is 58.2 Å². The number of rotatable bonds is 4. The van der Waals surface area contributed by atoms with Gasteiger partial charge in [0.1, 0.15) is 0 Å². The number of nitrogens with two attached hydrogens (primary N) is 1. The molecule has 2 N–H and O–H groups in total. The normalized spacial score (nSPS) is 22.7. The molecule has 0 aromatic carbocycles. The van der Waals surface area contributed by atoms with Crippen molar-refractivity contribution >= 4 is 15.9 Å². The van der Waals surface area contributed by atoms with Crippen molar-refractivity contribution in [3.63, 3.8) is 0 Å². The van der Waals surface area contributed by atoms with Crippen molar-refractivity contribution in [2.75, 3.05) is 6.54 Å². The molecule has 2 heterocycles. The number of aromatic nitrogens is 2. The lowest BCUT2D eigenvalue weighted by Crippen LogP contribution is -2.48. The Morgan fingerprint density at radius 2 is 2.21 bits per heavy atom. The molecule has 108 valence electrons. The number of hydrogen-bond donors (Lipinski definition) is 1. The highest BCUT2D eigenvalue weighted by atomic mass is 79.9. The number of aryl methyl sites for hydroxylation is 2. The second kappa shape index (κ2) is 6.37. The van der Waals surface area contributed by atoms with Gasteiger partial charge in [-0.1, -0.05) is 13.3 Å². The van der Waals surface area contributed by atoms with E-state index in [0.717, 1.165) is 25.2 Å². The second-order valence-electron chi connectivity index (χ2n) is 5.58. The van der Waals surface area contributed by atoms with Gasteiger partial charge in [0.2, 0.25) is 0 Å². The summed E-state index contributed by atoms with van der Waals surface area (Å²) in [4.78, 5) is 2.52. The maximum Gasteiger partial charge on any atom is 0.0767 e. The Morgan fingerprint density at radius 1 is 1.47 bits per heavy atom. The first-order chi connectivity index (χ1) is 9.04. The first-order valence-corrected chi connectivity index (χ1v) is 8.03. The minimum atomic E-state index is 0.234. The van der Waals surface area contributed by atoms with Crippen LogP contribution in [-0.2, 0) is 20.0 Å². The van der Waals surface area contributed by atoms with Crippen LogP contribution in [0.5, 0.6) is 0 Å². The van der Waals surface area contributed by atoms with Gasteiger partial charge in [-0.15, -0.1) is 0 Å². The average Bonchev–Trinajstić information content (AvgIpc) is 2.66. The molecular weight excluding hydrogens is 304 g/mol. The zero-order chi connectivity index (χ0) is 14.0. The summed E-state index contributed by atoms with van der Waals surface area (Å²) in [5.41, 5.74) is 8.56. The Labute approximate surface area is 124 Å². The molecule has 1 aliphatic heterocycles. The van der Waals surface area contributed by atoms with Crippen molar-refractivity contribution in [1.29, 1.82) is 0 Å². The lowest BCUT2D eigenvalue weighted by molar-refractivity contribution is 0.119. The van der Waals surface area contributed by atoms with E-state index in [1.165, 1.54) is 29.4 Å².